The van der Waals surface area contributed by atoms with Gasteiger partial charge in [-0.2, -0.15) is 0 Å². The molecule has 9 heteroatoms. The van der Waals surface area contributed by atoms with Crippen molar-refractivity contribution in [2.24, 2.45) is 0 Å². The van der Waals surface area contributed by atoms with Gasteiger partial charge < -0.3 is 18.9 Å². The maximum Gasteiger partial charge on any atom is 0.159 e. The van der Waals surface area contributed by atoms with Crippen LogP contribution >= 0.6 is 0 Å². The van der Waals surface area contributed by atoms with Gasteiger partial charge >= 0.3 is 0 Å². The lowest BCUT2D eigenvalue weighted by atomic mass is 10.0. The van der Waals surface area contributed by atoms with Crippen LogP contribution in [0.3, 0.4) is 0 Å². The maximum absolute atomic E-state index is 8.52. The largest absolute Gasteiger partial charge is 0.759 e. The molecule has 2 aliphatic heterocycles. The van der Waals surface area contributed by atoms with Crippen LogP contribution in [0.25, 0.3) is 0 Å². The molecule has 0 amide bonds. The van der Waals surface area contributed by atoms with Gasteiger partial charge in [0.15, 0.2) is 24.7 Å². The normalized spacial score (nSPS) is 18.2. The first-order valence-corrected chi connectivity index (χ1v) is 25.6. The standard InChI is InChI=1S/2C25H45N2.H2O4S/c2*1-4-5-6-7-8-9-10-11-12-13-14-15-16-19-22-27(3)23-26(2)24-20-17-18-21-25(24)27;1-5(2,3)4/h2*17-18,20-21H,4-16,19,22-23H2,1-3H3;(H2,1,2,3,4)/q2*+1;/p-2. The summed E-state index contributed by atoms with van der Waals surface area (Å²) in [6.07, 6.45) is 40.2. The second-order valence-electron chi connectivity index (χ2n) is 18.5. The molecule has 0 spiro atoms. The SMILES string of the molecule is CCCCCCCCCCCCCCCC[N+]1(C)CN(C)c2ccccc21.CCCCCCCCCCCCCCCC[N+]1(C)CN(C)c2ccccc21.O=S(=O)([O-])[O-]. The van der Waals surface area contributed by atoms with Crippen LogP contribution in [0.5, 0.6) is 0 Å². The first-order chi connectivity index (χ1) is 28.3. The van der Waals surface area contributed by atoms with Gasteiger partial charge in [-0.25, -0.2) is 0 Å². The molecule has 0 fully saturated rings. The van der Waals surface area contributed by atoms with Crippen LogP contribution in [0.4, 0.5) is 22.7 Å². The van der Waals surface area contributed by atoms with Gasteiger partial charge in [0.25, 0.3) is 0 Å². The van der Waals surface area contributed by atoms with Crippen molar-refractivity contribution in [3.05, 3.63) is 48.5 Å². The lowest BCUT2D eigenvalue weighted by Gasteiger charge is -2.29. The molecule has 0 saturated carbocycles. The fourth-order valence-corrected chi connectivity index (χ4v) is 9.42. The number of rotatable bonds is 30. The lowest BCUT2D eigenvalue weighted by molar-refractivity contribution is 0.341. The third-order valence-corrected chi connectivity index (χ3v) is 12.8. The van der Waals surface area contributed by atoms with Crippen LogP contribution in [0, 0.1) is 0 Å². The van der Waals surface area contributed by atoms with Crippen molar-refractivity contribution in [1.29, 1.82) is 0 Å². The number of anilines is 2. The number of fused-ring (bicyclic) bond motifs is 2. The minimum absolute atomic E-state index is 1.09. The van der Waals surface area contributed by atoms with Crippen molar-refractivity contribution < 1.29 is 17.5 Å². The highest BCUT2D eigenvalue weighted by Gasteiger charge is 2.37. The molecule has 0 bridgehead atoms. The molecule has 0 aromatic heterocycles. The molecular formula is C50H90N4O4S. The van der Waals surface area contributed by atoms with Gasteiger partial charge in [-0.3, -0.25) is 17.4 Å². The van der Waals surface area contributed by atoms with E-state index in [1.165, 1.54) is 216 Å². The molecule has 0 saturated heterocycles. The predicted octanol–water partition coefficient (Wildman–Crippen LogP) is 13.7. The topological polar surface area (TPSA) is 86.7 Å². The van der Waals surface area contributed by atoms with Gasteiger partial charge in [0, 0.05) is 36.6 Å². The van der Waals surface area contributed by atoms with E-state index in [1.54, 1.807) is 0 Å². The van der Waals surface area contributed by atoms with Crippen LogP contribution in [0.2, 0.25) is 0 Å². The molecule has 0 N–H and O–H groups in total. The number of benzene rings is 2. The van der Waals surface area contributed by atoms with E-state index in [0.717, 1.165) is 22.3 Å². The summed E-state index contributed by atoms with van der Waals surface area (Å²) in [5.41, 5.74) is 5.86. The summed E-state index contributed by atoms with van der Waals surface area (Å²) in [6.45, 7) is 9.39. The van der Waals surface area contributed by atoms with E-state index in [9.17, 15) is 0 Å². The Morgan fingerprint density at radius 3 is 0.915 bits per heavy atom. The van der Waals surface area contributed by atoms with E-state index in [4.69, 9.17) is 17.5 Å². The Kier molecular flexibility index (Phi) is 27.6. The summed E-state index contributed by atoms with van der Waals surface area (Å²) >= 11 is 0. The molecule has 340 valence electrons. The predicted molar refractivity (Wildman–Crippen MR) is 256 cm³/mol. The average molecular weight is 843 g/mol. The second-order valence-corrected chi connectivity index (χ2v) is 19.3. The summed E-state index contributed by atoms with van der Waals surface area (Å²) in [5, 5.41) is 0. The Hall–Kier alpha value is -2.17. The number of hydrogen-bond acceptors (Lipinski definition) is 6. The Bertz CT molecular complexity index is 1360. The zero-order valence-corrected chi connectivity index (χ0v) is 39.9. The zero-order valence-electron chi connectivity index (χ0n) is 39.1. The molecule has 2 aliphatic rings. The highest BCUT2D eigenvalue weighted by Crippen LogP contribution is 2.40. The van der Waals surface area contributed by atoms with Gasteiger partial charge in [0.05, 0.1) is 27.2 Å². The fraction of sp³-hybridized carbons (Fsp3) is 0.760. The number of quaternary nitrogens is 2. The lowest BCUT2D eigenvalue weighted by Crippen LogP contribution is -2.47. The molecule has 59 heavy (non-hydrogen) atoms. The van der Waals surface area contributed by atoms with E-state index < -0.39 is 10.4 Å². The van der Waals surface area contributed by atoms with E-state index in [0.29, 0.717) is 0 Å². The summed E-state index contributed by atoms with van der Waals surface area (Å²) in [5.74, 6) is 0. The van der Waals surface area contributed by atoms with Crippen molar-refractivity contribution >= 4 is 33.1 Å². The number of nitrogens with zero attached hydrogens (tertiary/aromatic N) is 4. The first-order valence-electron chi connectivity index (χ1n) is 24.3. The molecule has 2 atom stereocenters. The molecule has 2 aromatic carbocycles. The van der Waals surface area contributed by atoms with Crippen LogP contribution in [0.15, 0.2) is 48.5 Å². The summed E-state index contributed by atoms with van der Waals surface area (Å²) in [7, 11) is 4.11. The third-order valence-electron chi connectivity index (χ3n) is 12.8. The van der Waals surface area contributed by atoms with E-state index in [-0.39, 0.29) is 0 Å². The monoisotopic (exact) mass is 843 g/mol. The number of unbranched alkanes of at least 4 members (excludes halogenated alkanes) is 26. The van der Waals surface area contributed by atoms with Crippen molar-refractivity contribution in [2.75, 3.05) is 64.4 Å². The second kappa shape index (κ2) is 30.8. The van der Waals surface area contributed by atoms with Gasteiger partial charge in [0.1, 0.15) is 11.4 Å². The molecule has 2 heterocycles. The van der Waals surface area contributed by atoms with E-state index in [2.05, 4.69) is 100 Å². The highest BCUT2D eigenvalue weighted by molar-refractivity contribution is 7.79. The summed E-state index contributed by atoms with van der Waals surface area (Å²) < 4.78 is 36.3. The minimum atomic E-state index is -5.17. The Labute approximate surface area is 364 Å². The molecule has 4 rings (SSSR count). The maximum atomic E-state index is 8.52. The number of para-hydroxylation sites is 4. The van der Waals surface area contributed by atoms with E-state index in [1.807, 2.05) is 0 Å². The zero-order chi connectivity index (χ0) is 43.2. The van der Waals surface area contributed by atoms with Gasteiger partial charge in [-0.15, -0.1) is 0 Å². The molecule has 8 nitrogen and oxygen atoms in total. The molecule has 0 radical (unpaired) electrons. The quantitative estimate of drug-likeness (QED) is 0.0337. The highest BCUT2D eigenvalue weighted by atomic mass is 32.3. The van der Waals surface area contributed by atoms with Crippen molar-refractivity contribution in [3.63, 3.8) is 0 Å². The molecular weight excluding hydrogens is 753 g/mol. The van der Waals surface area contributed by atoms with Gasteiger partial charge in [-0.1, -0.05) is 192 Å². The van der Waals surface area contributed by atoms with Crippen LogP contribution < -0.4 is 18.8 Å². The third kappa shape index (κ3) is 23.0. The van der Waals surface area contributed by atoms with Crippen molar-refractivity contribution in [1.82, 2.24) is 8.97 Å². The molecule has 0 aliphatic carbocycles. The van der Waals surface area contributed by atoms with Gasteiger partial charge in [-0.05, 0) is 37.8 Å². The Balaban J connectivity index is 0.000000365. The van der Waals surface area contributed by atoms with Crippen molar-refractivity contribution in [3.8, 4) is 0 Å². The number of hydrogen-bond donors (Lipinski definition) is 0. The minimum Gasteiger partial charge on any atom is -0.759 e. The van der Waals surface area contributed by atoms with Crippen LogP contribution in [0.1, 0.15) is 194 Å². The molecule has 2 aromatic rings. The smallest absolute Gasteiger partial charge is 0.159 e. The van der Waals surface area contributed by atoms with Crippen LogP contribution in [-0.2, 0) is 10.4 Å². The average Bonchev–Trinajstić information content (AvgIpc) is 3.62. The van der Waals surface area contributed by atoms with Crippen molar-refractivity contribution in [2.45, 2.75) is 194 Å². The Morgan fingerprint density at radius 2 is 0.661 bits per heavy atom. The Morgan fingerprint density at radius 1 is 0.441 bits per heavy atom. The summed E-state index contributed by atoms with van der Waals surface area (Å²) in [6, 6.07) is 17.9. The molecule has 2 unspecified atom stereocenters. The van der Waals surface area contributed by atoms with Crippen LogP contribution in [-0.4, -0.2) is 72.1 Å². The van der Waals surface area contributed by atoms with Gasteiger partial charge in [0.2, 0.25) is 0 Å². The summed E-state index contributed by atoms with van der Waals surface area (Å²) in [4.78, 5) is 4.83. The van der Waals surface area contributed by atoms with E-state index >= 15 is 0 Å². The fourth-order valence-electron chi connectivity index (χ4n) is 9.42. The first kappa shape index (κ1) is 53.0.